The van der Waals surface area contributed by atoms with Gasteiger partial charge >= 0.3 is 0 Å². The van der Waals surface area contributed by atoms with Gasteiger partial charge in [0.2, 0.25) is 0 Å². The van der Waals surface area contributed by atoms with Gasteiger partial charge in [0, 0.05) is 6.54 Å². The van der Waals surface area contributed by atoms with E-state index in [-0.39, 0.29) is 0 Å². The second kappa shape index (κ2) is 5.16. The number of nitrogens with one attached hydrogen (secondary N) is 1. The standard InChI is InChI=1S/C13H13N7O/c1-2-20-13-10(18-19-20)12(15-7-16-13)17-9-6-4-3-5-8(9)11(14)21/h3-7H,2H2,1H3,(H2,14,21)(H,15,16,17). The minimum Gasteiger partial charge on any atom is -0.366 e. The van der Waals surface area contributed by atoms with E-state index in [0.717, 1.165) is 0 Å². The molecule has 3 aromatic rings. The quantitative estimate of drug-likeness (QED) is 0.741. The number of benzene rings is 1. The summed E-state index contributed by atoms with van der Waals surface area (Å²) in [7, 11) is 0. The van der Waals surface area contributed by atoms with Crippen molar-refractivity contribution in [1.82, 2.24) is 25.0 Å². The molecule has 0 spiro atoms. The Hall–Kier alpha value is -3.03. The molecule has 0 atom stereocenters. The Morgan fingerprint density at radius 3 is 2.90 bits per heavy atom. The lowest BCUT2D eigenvalue weighted by molar-refractivity contribution is 0.100. The van der Waals surface area contributed by atoms with Gasteiger partial charge in [-0.15, -0.1) is 5.10 Å². The molecule has 8 heteroatoms. The number of aromatic nitrogens is 5. The van der Waals surface area contributed by atoms with Crippen LogP contribution in [0.1, 0.15) is 17.3 Å². The van der Waals surface area contributed by atoms with Crippen LogP contribution < -0.4 is 11.1 Å². The predicted molar refractivity (Wildman–Crippen MR) is 77.0 cm³/mol. The molecule has 1 aromatic carbocycles. The monoisotopic (exact) mass is 283 g/mol. The third-order valence-electron chi connectivity index (χ3n) is 3.05. The van der Waals surface area contributed by atoms with Crippen molar-refractivity contribution in [3.8, 4) is 0 Å². The number of hydrogen-bond donors (Lipinski definition) is 2. The average Bonchev–Trinajstić information content (AvgIpc) is 2.92. The first-order chi connectivity index (χ1) is 10.2. The number of nitrogens with zero attached hydrogens (tertiary/aromatic N) is 5. The molecule has 0 saturated carbocycles. The largest absolute Gasteiger partial charge is 0.366 e. The van der Waals surface area contributed by atoms with Gasteiger partial charge in [0.1, 0.15) is 6.33 Å². The van der Waals surface area contributed by atoms with Crippen LogP contribution in [-0.2, 0) is 6.54 Å². The number of anilines is 2. The number of para-hydroxylation sites is 1. The Balaban J connectivity index is 2.07. The molecular weight excluding hydrogens is 270 g/mol. The number of primary amides is 1. The van der Waals surface area contributed by atoms with Crippen LogP contribution in [0.15, 0.2) is 30.6 Å². The lowest BCUT2D eigenvalue weighted by Gasteiger charge is -2.08. The van der Waals surface area contributed by atoms with Gasteiger partial charge in [0.25, 0.3) is 5.91 Å². The molecule has 3 rings (SSSR count). The molecule has 1 amide bonds. The van der Waals surface area contributed by atoms with Crippen molar-refractivity contribution in [2.45, 2.75) is 13.5 Å². The van der Waals surface area contributed by atoms with Crippen LogP contribution >= 0.6 is 0 Å². The number of amides is 1. The van der Waals surface area contributed by atoms with Gasteiger partial charge in [-0.25, -0.2) is 14.6 Å². The Kier molecular flexibility index (Phi) is 3.19. The first-order valence-electron chi connectivity index (χ1n) is 6.40. The van der Waals surface area contributed by atoms with E-state index in [9.17, 15) is 4.79 Å². The molecule has 2 aromatic heterocycles. The molecule has 2 heterocycles. The summed E-state index contributed by atoms with van der Waals surface area (Å²) in [5.41, 5.74) is 7.48. The number of hydrogen-bond acceptors (Lipinski definition) is 6. The zero-order valence-corrected chi connectivity index (χ0v) is 11.3. The smallest absolute Gasteiger partial charge is 0.250 e. The zero-order chi connectivity index (χ0) is 14.8. The van der Waals surface area contributed by atoms with Crippen molar-refractivity contribution in [3.05, 3.63) is 36.2 Å². The highest BCUT2D eigenvalue weighted by Gasteiger charge is 2.13. The normalized spacial score (nSPS) is 10.7. The molecule has 0 aliphatic rings. The number of rotatable bonds is 4. The second-order valence-corrected chi connectivity index (χ2v) is 4.33. The van der Waals surface area contributed by atoms with Crippen LogP contribution in [0.5, 0.6) is 0 Å². The first kappa shape index (κ1) is 13.0. The van der Waals surface area contributed by atoms with Crippen LogP contribution in [0.4, 0.5) is 11.5 Å². The molecule has 0 unspecified atom stereocenters. The van der Waals surface area contributed by atoms with Gasteiger partial charge in [0.15, 0.2) is 17.0 Å². The summed E-state index contributed by atoms with van der Waals surface area (Å²) in [6.45, 7) is 2.61. The van der Waals surface area contributed by atoms with Gasteiger partial charge in [-0.3, -0.25) is 4.79 Å². The van der Waals surface area contributed by atoms with E-state index in [4.69, 9.17) is 5.73 Å². The molecular formula is C13H13N7O. The summed E-state index contributed by atoms with van der Waals surface area (Å²) < 4.78 is 1.67. The first-order valence-corrected chi connectivity index (χ1v) is 6.40. The fraction of sp³-hybridized carbons (Fsp3) is 0.154. The molecule has 0 saturated heterocycles. The molecule has 21 heavy (non-hydrogen) atoms. The van der Waals surface area contributed by atoms with Crippen molar-refractivity contribution in [2.75, 3.05) is 5.32 Å². The van der Waals surface area contributed by atoms with Crippen molar-refractivity contribution in [1.29, 1.82) is 0 Å². The van der Waals surface area contributed by atoms with Crippen molar-refractivity contribution in [2.24, 2.45) is 5.73 Å². The van der Waals surface area contributed by atoms with E-state index in [1.807, 2.05) is 6.92 Å². The summed E-state index contributed by atoms with van der Waals surface area (Å²) in [6.07, 6.45) is 1.42. The molecule has 106 valence electrons. The third kappa shape index (κ3) is 2.27. The Morgan fingerprint density at radius 2 is 2.14 bits per heavy atom. The van der Waals surface area contributed by atoms with E-state index in [1.54, 1.807) is 28.9 Å². The second-order valence-electron chi connectivity index (χ2n) is 4.33. The highest BCUT2D eigenvalue weighted by atomic mass is 16.1. The fourth-order valence-corrected chi connectivity index (χ4v) is 2.03. The lowest BCUT2D eigenvalue weighted by atomic mass is 10.1. The molecule has 0 radical (unpaired) electrons. The lowest BCUT2D eigenvalue weighted by Crippen LogP contribution is -2.13. The summed E-state index contributed by atoms with van der Waals surface area (Å²) in [5, 5.41) is 11.1. The van der Waals surface area contributed by atoms with E-state index >= 15 is 0 Å². The molecule has 0 fully saturated rings. The fourth-order valence-electron chi connectivity index (χ4n) is 2.03. The molecule has 0 aliphatic carbocycles. The number of carbonyl (C=O) groups is 1. The number of nitrogens with two attached hydrogens (primary N) is 1. The number of fused-ring (bicyclic) bond motifs is 1. The maximum Gasteiger partial charge on any atom is 0.250 e. The Morgan fingerprint density at radius 1 is 1.33 bits per heavy atom. The third-order valence-corrected chi connectivity index (χ3v) is 3.05. The van der Waals surface area contributed by atoms with Crippen LogP contribution in [0.2, 0.25) is 0 Å². The Labute approximate surface area is 120 Å². The van der Waals surface area contributed by atoms with Crippen LogP contribution in [0.25, 0.3) is 11.2 Å². The molecule has 8 nitrogen and oxygen atoms in total. The minimum absolute atomic E-state index is 0.382. The maximum absolute atomic E-state index is 11.4. The SMILES string of the molecule is CCn1nnc2c(Nc3ccccc3C(N)=O)ncnc21. The highest BCUT2D eigenvalue weighted by Crippen LogP contribution is 2.23. The summed E-state index contributed by atoms with van der Waals surface area (Å²) in [6, 6.07) is 6.94. The Bertz CT molecular complexity index is 811. The number of aryl methyl sites for hydroxylation is 1. The van der Waals surface area contributed by atoms with Crippen LogP contribution in [0, 0.1) is 0 Å². The summed E-state index contributed by atoms with van der Waals surface area (Å²) >= 11 is 0. The van der Waals surface area contributed by atoms with E-state index in [2.05, 4.69) is 25.6 Å². The number of carbonyl (C=O) groups excluding carboxylic acids is 1. The van der Waals surface area contributed by atoms with Crippen molar-refractivity contribution < 1.29 is 4.79 Å². The van der Waals surface area contributed by atoms with Gasteiger partial charge < -0.3 is 11.1 Å². The van der Waals surface area contributed by atoms with Crippen LogP contribution in [-0.4, -0.2) is 30.9 Å². The molecule has 0 bridgehead atoms. The van der Waals surface area contributed by atoms with Crippen molar-refractivity contribution >= 4 is 28.6 Å². The molecule has 3 N–H and O–H groups in total. The summed E-state index contributed by atoms with van der Waals surface area (Å²) in [4.78, 5) is 19.8. The molecule has 0 aliphatic heterocycles. The van der Waals surface area contributed by atoms with Gasteiger partial charge in [-0.05, 0) is 19.1 Å². The van der Waals surface area contributed by atoms with Gasteiger partial charge in [0.05, 0.1) is 11.3 Å². The summed E-state index contributed by atoms with van der Waals surface area (Å²) in [5.74, 6) is -0.0333. The van der Waals surface area contributed by atoms with Gasteiger partial charge in [-0.1, -0.05) is 17.3 Å². The van der Waals surface area contributed by atoms with E-state index in [1.165, 1.54) is 6.33 Å². The predicted octanol–water partition coefficient (Wildman–Crippen LogP) is 1.08. The topological polar surface area (TPSA) is 112 Å². The van der Waals surface area contributed by atoms with Gasteiger partial charge in [-0.2, -0.15) is 0 Å². The average molecular weight is 283 g/mol. The van der Waals surface area contributed by atoms with E-state index in [0.29, 0.717) is 34.8 Å². The highest BCUT2D eigenvalue weighted by molar-refractivity contribution is 6.00. The zero-order valence-electron chi connectivity index (χ0n) is 11.3. The van der Waals surface area contributed by atoms with Crippen molar-refractivity contribution in [3.63, 3.8) is 0 Å². The maximum atomic E-state index is 11.4. The van der Waals surface area contributed by atoms with E-state index < -0.39 is 5.91 Å². The minimum atomic E-state index is -0.513. The van der Waals surface area contributed by atoms with Crippen LogP contribution in [0.3, 0.4) is 0 Å².